The van der Waals surface area contributed by atoms with Gasteiger partial charge < -0.3 is 18.9 Å². The van der Waals surface area contributed by atoms with Crippen molar-refractivity contribution >= 4 is 0 Å². The Morgan fingerprint density at radius 3 is 1.66 bits per heavy atom. The molecule has 0 radical (unpaired) electrons. The van der Waals surface area contributed by atoms with Crippen molar-refractivity contribution in [1.82, 2.24) is 0 Å². The molecule has 0 heterocycles. The lowest BCUT2D eigenvalue weighted by molar-refractivity contribution is -0.418. The van der Waals surface area contributed by atoms with Gasteiger partial charge in [0, 0.05) is 6.61 Å². The standard InChI is InChI=1S/C28H50O4/c1-6-11-12-13-14-18-21-27(25-29-10-5,26-19-16-15-17-20-26)28(30-22-7-2,31-23-8-3)32-24-9-4/h15-17,19-20H,6-14,18,21-25H2,1-5H3. The molecule has 0 aliphatic heterocycles. The molecule has 0 fully saturated rings. The summed E-state index contributed by atoms with van der Waals surface area (Å²) in [5, 5.41) is 0. The van der Waals surface area contributed by atoms with Gasteiger partial charge in [0.15, 0.2) is 0 Å². The van der Waals surface area contributed by atoms with Crippen LogP contribution in [0, 0.1) is 0 Å². The first-order chi connectivity index (χ1) is 15.7. The molecule has 0 spiro atoms. The van der Waals surface area contributed by atoms with Crippen LogP contribution in [0.4, 0.5) is 0 Å². The van der Waals surface area contributed by atoms with E-state index in [0.29, 0.717) is 33.0 Å². The monoisotopic (exact) mass is 450 g/mol. The Morgan fingerprint density at radius 2 is 1.16 bits per heavy atom. The van der Waals surface area contributed by atoms with Crippen LogP contribution in [0.25, 0.3) is 0 Å². The zero-order valence-electron chi connectivity index (χ0n) is 21.6. The van der Waals surface area contributed by atoms with Gasteiger partial charge in [-0.05, 0) is 38.2 Å². The first-order valence-corrected chi connectivity index (χ1v) is 13.2. The minimum atomic E-state index is -1.16. The molecule has 0 amide bonds. The molecular weight excluding hydrogens is 400 g/mol. The van der Waals surface area contributed by atoms with E-state index in [2.05, 4.69) is 65.0 Å². The lowest BCUT2D eigenvalue weighted by Gasteiger charge is -2.49. The van der Waals surface area contributed by atoms with Gasteiger partial charge in [0.1, 0.15) is 5.41 Å². The summed E-state index contributed by atoms with van der Waals surface area (Å²) in [4.78, 5) is 0. The third-order valence-electron chi connectivity index (χ3n) is 5.91. The second kappa shape index (κ2) is 17.5. The van der Waals surface area contributed by atoms with Gasteiger partial charge in [0.25, 0.3) is 5.97 Å². The average Bonchev–Trinajstić information content (AvgIpc) is 2.83. The maximum Gasteiger partial charge on any atom is 0.295 e. The molecule has 0 saturated heterocycles. The number of ether oxygens (including phenoxy) is 4. The van der Waals surface area contributed by atoms with Crippen LogP contribution >= 0.6 is 0 Å². The summed E-state index contributed by atoms with van der Waals surface area (Å²) in [5.41, 5.74) is 0.638. The van der Waals surface area contributed by atoms with E-state index in [9.17, 15) is 0 Å². The summed E-state index contributed by atoms with van der Waals surface area (Å²) in [5.74, 6) is -1.16. The van der Waals surface area contributed by atoms with E-state index in [1.165, 1.54) is 37.7 Å². The molecule has 1 atom stereocenters. The van der Waals surface area contributed by atoms with Crippen LogP contribution in [0.3, 0.4) is 0 Å². The molecule has 1 aromatic carbocycles. The van der Waals surface area contributed by atoms with E-state index < -0.39 is 11.4 Å². The quantitative estimate of drug-likeness (QED) is 0.142. The highest BCUT2D eigenvalue weighted by Gasteiger charge is 2.56. The SMILES string of the molecule is CCCCCCCCC(COCC)(c1ccccc1)C(OCCC)(OCCC)OCCC. The summed E-state index contributed by atoms with van der Waals surface area (Å²) < 4.78 is 25.9. The Bertz CT molecular complexity index is 526. The van der Waals surface area contributed by atoms with Crippen molar-refractivity contribution < 1.29 is 18.9 Å². The zero-order chi connectivity index (χ0) is 23.5. The average molecular weight is 451 g/mol. The zero-order valence-corrected chi connectivity index (χ0v) is 21.6. The molecule has 1 rings (SSSR count). The number of benzene rings is 1. The Morgan fingerprint density at radius 1 is 0.625 bits per heavy atom. The third kappa shape index (κ3) is 8.78. The minimum absolute atomic E-state index is 0.514. The highest BCUT2D eigenvalue weighted by Crippen LogP contribution is 2.45. The van der Waals surface area contributed by atoms with Gasteiger partial charge in [-0.1, -0.05) is 96.6 Å². The maximum absolute atomic E-state index is 6.57. The summed E-state index contributed by atoms with van der Waals surface area (Å²) in [6.45, 7) is 13.6. The highest BCUT2D eigenvalue weighted by molar-refractivity contribution is 5.28. The largest absolute Gasteiger partial charge is 0.380 e. The summed E-state index contributed by atoms with van der Waals surface area (Å²) >= 11 is 0. The number of hydrogen-bond donors (Lipinski definition) is 0. The van der Waals surface area contributed by atoms with Gasteiger partial charge in [-0.15, -0.1) is 0 Å². The van der Waals surface area contributed by atoms with Crippen LogP contribution in [0.5, 0.6) is 0 Å². The van der Waals surface area contributed by atoms with Crippen LogP contribution in [0.1, 0.15) is 104 Å². The number of unbranched alkanes of at least 4 members (excludes halogenated alkanes) is 5. The third-order valence-corrected chi connectivity index (χ3v) is 5.91. The van der Waals surface area contributed by atoms with Crippen molar-refractivity contribution in [3.05, 3.63) is 35.9 Å². The van der Waals surface area contributed by atoms with Crippen molar-refractivity contribution in [3.63, 3.8) is 0 Å². The summed E-state index contributed by atoms with van der Waals surface area (Å²) in [6.07, 6.45) is 11.1. The lowest BCUT2D eigenvalue weighted by Crippen LogP contribution is -2.60. The van der Waals surface area contributed by atoms with Gasteiger partial charge in [-0.3, -0.25) is 0 Å². The molecule has 0 aliphatic carbocycles. The van der Waals surface area contributed by atoms with Gasteiger partial charge in [-0.2, -0.15) is 0 Å². The predicted octanol–water partition coefficient (Wildman–Crippen LogP) is 7.65. The van der Waals surface area contributed by atoms with Crippen LogP contribution in [-0.4, -0.2) is 39.0 Å². The topological polar surface area (TPSA) is 36.9 Å². The van der Waals surface area contributed by atoms with E-state index in [1.807, 2.05) is 0 Å². The molecule has 0 saturated carbocycles. The Balaban J connectivity index is 3.43. The molecule has 0 aromatic heterocycles. The van der Waals surface area contributed by atoms with E-state index in [-0.39, 0.29) is 0 Å². The van der Waals surface area contributed by atoms with Gasteiger partial charge in [0.05, 0.1) is 26.4 Å². The first-order valence-electron chi connectivity index (χ1n) is 13.2. The highest BCUT2D eigenvalue weighted by atomic mass is 16.9. The fourth-order valence-electron chi connectivity index (χ4n) is 4.21. The maximum atomic E-state index is 6.57. The van der Waals surface area contributed by atoms with Crippen molar-refractivity contribution in [2.24, 2.45) is 0 Å². The molecule has 4 nitrogen and oxygen atoms in total. The summed E-state index contributed by atoms with van der Waals surface area (Å²) in [6, 6.07) is 10.6. The molecule has 4 heteroatoms. The normalized spacial score (nSPS) is 13.9. The van der Waals surface area contributed by atoms with Gasteiger partial charge in [0.2, 0.25) is 0 Å². The molecular formula is C28H50O4. The molecule has 0 aliphatic rings. The minimum Gasteiger partial charge on any atom is -0.380 e. The Labute approximate surface area is 198 Å². The molecule has 32 heavy (non-hydrogen) atoms. The van der Waals surface area contributed by atoms with Crippen molar-refractivity contribution in [1.29, 1.82) is 0 Å². The van der Waals surface area contributed by atoms with Crippen LogP contribution in [0.15, 0.2) is 30.3 Å². The van der Waals surface area contributed by atoms with Crippen LogP contribution in [-0.2, 0) is 24.4 Å². The predicted molar refractivity (Wildman–Crippen MR) is 134 cm³/mol. The fourth-order valence-corrected chi connectivity index (χ4v) is 4.21. The first kappa shape index (κ1) is 29.1. The number of hydrogen-bond acceptors (Lipinski definition) is 4. The summed E-state index contributed by atoms with van der Waals surface area (Å²) in [7, 11) is 0. The van der Waals surface area contributed by atoms with Gasteiger partial charge in [-0.25, -0.2) is 0 Å². The van der Waals surface area contributed by atoms with E-state index in [0.717, 1.165) is 32.1 Å². The Hall–Kier alpha value is -0.940. The smallest absolute Gasteiger partial charge is 0.295 e. The van der Waals surface area contributed by atoms with Gasteiger partial charge >= 0.3 is 0 Å². The van der Waals surface area contributed by atoms with Crippen LogP contribution < -0.4 is 0 Å². The van der Waals surface area contributed by atoms with E-state index in [4.69, 9.17) is 18.9 Å². The molecule has 1 aromatic rings. The van der Waals surface area contributed by atoms with E-state index >= 15 is 0 Å². The molecule has 0 bridgehead atoms. The van der Waals surface area contributed by atoms with Crippen molar-refractivity contribution in [3.8, 4) is 0 Å². The molecule has 186 valence electrons. The van der Waals surface area contributed by atoms with Crippen molar-refractivity contribution in [2.75, 3.05) is 33.0 Å². The fraction of sp³-hybridized carbons (Fsp3) is 0.786. The van der Waals surface area contributed by atoms with Crippen molar-refractivity contribution in [2.45, 2.75) is 110 Å². The van der Waals surface area contributed by atoms with E-state index in [1.54, 1.807) is 0 Å². The lowest BCUT2D eigenvalue weighted by atomic mass is 9.73. The molecule has 1 unspecified atom stereocenters. The molecule has 0 N–H and O–H groups in total. The van der Waals surface area contributed by atoms with Crippen LogP contribution in [0.2, 0.25) is 0 Å². The number of rotatable bonds is 21. The second-order valence-corrected chi connectivity index (χ2v) is 8.70. The Kier molecular flexibility index (Phi) is 15.9. The second-order valence-electron chi connectivity index (χ2n) is 8.70.